The van der Waals surface area contributed by atoms with Gasteiger partial charge < -0.3 is 16.4 Å². The van der Waals surface area contributed by atoms with E-state index in [1.54, 1.807) is 24.3 Å². The lowest BCUT2D eigenvalue weighted by molar-refractivity contribution is -0.122. The lowest BCUT2D eigenvalue weighted by atomic mass is 9.87. The lowest BCUT2D eigenvalue weighted by Gasteiger charge is -2.27. The van der Waals surface area contributed by atoms with Crippen molar-refractivity contribution in [2.75, 3.05) is 0 Å². The fourth-order valence-corrected chi connectivity index (χ4v) is 3.59. The molecule has 0 bridgehead atoms. The molecular formula is C20H22ClN3O2. The zero-order valence-electron chi connectivity index (χ0n) is 14.4. The number of fused-ring (bicyclic) bond motifs is 1. The molecule has 2 aromatic carbocycles. The Morgan fingerprint density at radius 1 is 1.15 bits per heavy atom. The maximum Gasteiger partial charge on any atom is 0.312 e. The smallest absolute Gasteiger partial charge is 0.312 e. The molecule has 1 aliphatic carbocycles. The highest BCUT2D eigenvalue weighted by Gasteiger charge is 2.23. The molecule has 0 spiro atoms. The number of primary amides is 1. The fraction of sp³-hybridized carbons (Fsp3) is 0.300. The summed E-state index contributed by atoms with van der Waals surface area (Å²) in [5.41, 5.74) is 8.53. The number of aryl methyl sites for hydroxylation is 1. The van der Waals surface area contributed by atoms with Crippen molar-refractivity contribution in [1.29, 1.82) is 0 Å². The summed E-state index contributed by atoms with van der Waals surface area (Å²) in [6, 6.07) is 14.1. The Morgan fingerprint density at radius 3 is 2.62 bits per heavy atom. The van der Waals surface area contributed by atoms with Crippen LogP contribution < -0.4 is 16.4 Å². The van der Waals surface area contributed by atoms with Gasteiger partial charge in [-0.2, -0.15) is 0 Å². The number of hydrogen-bond acceptors (Lipinski definition) is 2. The molecule has 3 rings (SSSR count). The first-order valence-corrected chi connectivity index (χ1v) is 9.09. The minimum Gasteiger partial charge on any atom is -0.352 e. The topological polar surface area (TPSA) is 84.2 Å². The number of halogens is 1. The number of urea groups is 1. The van der Waals surface area contributed by atoms with Crippen LogP contribution in [0.1, 0.15) is 48.0 Å². The second-order valence-electron chi connectivity index (χ2n) is 6.53. The van der Waals surface area contributed by atoms with E-state index in [-0.39, 0.29) is 18.4 Å². The average molecular weight is 372 g/mol. The molecule has 2 aromatic rings. The van der Waals surface area contributed by atoms with E-state index >= 15 is 0 Å². The molecule has 3 amide bonds. The van der Waals surface area contributed by atoms with Crippen molar-refractivity contribution in [3.8, 4) is 0 Å². The van der Waals surface area contributed by atoms with Crippen molar-refractivity contribution in [3.63, 3.8) is 0 Å². The molecule has 2 atom stereocenters. The van der Waals surface area contributed by atoms with Crippen LogP contribution in [0, 0.1) is 0 Å². The van der Waals surface area contributed by atoms with Crippen LogP contribution in [0.5, 0.6) is 0 Å². The minimum absolute atomic E-state index is 0.00639. The second kappa shape index (κ2) is 8.23. The maximum atomic E-state index is 12.6. The Bertz CT molecular complexity index is 792. The Hall–Kier alpha value is -2.53. The van der Waals surface area contributed by atoms with E-state index in [2.05, 4.69) is 22.8 Å². The maximum absolute atomic E-state index is 12.6. The number of carbonyl (C=O) groups excluding carboxylic acids is 2. The van der Waals surface area contributed by atoms with Gasteiger partial charge in [0.2, 0.25) is 5.91 Å². The van der Waals surface area contributed by atoms with E-state index in [0.29, 0.717) is 5.02 Å². The normalized spacial score (nSPS) is 17.0. The summed E-state index contributed by atoms with van der Waals surface area (Å²) in [5, 5.41) is 6.33. The molecule has 0 fully saturated rings. The van der Waals surface area contributed by atoms with E-state index in [0.717, 1.165) is 24.8 Å². The van der Waals surface area contributed by atoms with Crippen LogP contribution in [0.2, 0.25) is 5.02 Å². The van der Waals surface area contributed by atoms with E-state index in [1.165, 1.54) is 11.1 Å². The van der Waals surface area contributed by atoms with Gasteiger partial charge in [0, 0.05) is 5.02 Å². The Labute approximate surface area is 157 Å². The summed E-state index contributed by atoms with van der Waals surface area (Å²) in [4.78, 5) is 24.0. The van der Waals surface area contributed by atoms with Gasteiger partial charge >= 0.3 is 6.03 Å². The Kier molecular flexibility index (Phi) is 5.78. The second-order valence-corrected chi connectivity index (χ2v) is 6.96. The highest BCUT2D eigenvalue weighted by Crippen LogP contribution is 2.30. The molecule has 0 heterocycles. The third-order valence-corrected chi connectivity index (χ3v) is 4.94. The van der Waals surface area contributed by atoms with Crippen LogP contribution in [0.15, 0.2) is 48.5 Å². The summed E-state index contributed by atoms with van der Waals surface area (Å²) in [7, 11) is 0. The van der Waals surface area contributed by atoms with Gasteiger partial charge in [-0.05, 0) is 48.1 Å². The van der Waals surface area contributed by atoms with Gasteiger partial charge in [0.05, 0.1) is 18.5 Å². The Balaban J connectivity index is 1.70. The van der Waals surface area contributed by atoms with Crippen LogP contribution in [0.4, 0.5) is 4.79 Å². The number of hydrogen-bond donors (Lipinski definition) is 3. The fourth-order valence-electron chi connectivity index (χ4n) is 3.46. The number of rotatable bonds is 5. The lowest BCUT2D eigenvalue weighted by Crippen LogP contribution is -2.38. The molecule has 26 heavy (non-hydrogen) atoms. The van der Waals surface area contributed by atoms with Crippen LogP contribution in [-0.4, -0.2) is 11.9 Å². The molecule has 0 radical (unpaired) electrons. The zero-order chi connectivity index (χ0) is 18.5. The van der Waals surface area contributed by atoms with Gasteiger partial charge in [-0.3, -0.25) is 4.79 Å². The monoisotopic (exact) mass is 371 g/mol. The molecule has 4 N–H and O–H groups in total. The van der Waals surface area contributed by atoms with Crippen molar-refractivity contribution < 1.29 is 9.59 Å². The predicted octanol–water partition coefficient (Wildman–Crippen LogP) is 3.63. The van der Waals surface area contributed by atoms with Crippen molar-refractivity contribution in [1.82, 2.24) is 10.6 Å². The minimum atomic E-state index is -0.666. The number of benzene rings is 2. The number of nitrogens with two attached hydrogens (primary N) is 1. The molecule has 0 aromatic heterocycles. The highest BCUT2D eigenvalue weighted by molar-refractivity contribution is 6.30. The molecule has 0 saturated heterocycles. The van der Waals surface area contributed by atoms with Crippen molar-refractivity contribution >= 4 is 23.5 Å². The van der Waals surface area contributed by atoms with Crippen LogP contribution in [0.25, 0.3) is 0 Å². The third-order valence-electron chi connectivity index (χ3n) is 4.68. The van der Waals surface area contributed by atoms with E-state index in [4.69, 9.17) is 17.3 Å². The number of amides is 3. The molecule has 6 heteroatoms. The highest BCUT2D eigenvalue weighted by atomic mass is 35.5. The van der Waals surface area contributed by atoms with Crippen molar-refractivity contribution in [2.45, 2.75) is 37.8 Å². The quantitative estimate of drug-likeness (QED) is 0.749. The van der Waals surface area contributed by atoms with Gasteiger partial charge in [0.25, 0.3) is 0 Å². The number of carbonyl (C=O) groups is 2. The molecule has 0 saturated carbocycles. The van der Waals surface area contributed by atoms with E-state index in [9.17, 15) is 9.59 Å². The van der Waals surface area contributed by atoms with E-state index < -0.39 is 12.1 Å². The summed E-state index contributed by atoms with van der Waals surface area (Å²) in [6.07, 6.45) is 3.11. The largest absolute Gasteiger partial charge is 0.352 e. The standard InChI is InChI=1S/C20H22ClN3O2/c21-15-10-8-14(9-11-15)18(24-20(22)26)12-19(25)23-17-7-3-5-13-4-1-2-6-16(13)17/h1-2,4,6,8-11,17-18H,3,5,7,12H2,(H,23,25)(H3,22,24,26). The van der Waals surface area contributed by atoms with E-state index in [1.807, 2.05) is 12.1 Å². The van der Waals surface area contributed by atoms with Crippen LogP contribution in [0.3, 0.4) is 0 Å². The van der Waals surface area contributed by atoms with Crippen molar-refractivity contribution in [3.05, 3.63) is 70.2 Å². The predicted molar refractivity (Wildman–Crippen MR) is 102 cm³/mol. The van der Waals surface area contributed by atoms with Crippen LogP contribution >= 0.6 is 11.6 Å². The average Bonchev–Trinajstić information content (AvgIpc) is 2.62. The van der Waals surface area contributed by atoms with Crippen LogP contribution in [-0.2, 0) is 11.2 Å². The zero-order valence-corrected chi connectivity index (χ0v) is 15.1. The molecule has 2 unspecified atom stereocenters. The molecule has 5 nitrogen and oxygen atoms in total. The first-order chi connectivity index (χ1) is 12.5. The summed E-state index contributed by atoms with van der Waals surface area (Å²) in [5.74, 6) is -0.125. The first kappa shape index (κ1) is 18.3. The molecule has 1 aliphatic rings. The van der Waals surface area contributed by atoms with Gasteiger partial charge in [-0.25, -0.2) is 4.79 Å². The first-order valence-electron chi connectivity index (χ1n) is 8.71. The SMILES string of the molecule is NC(=O)NC(CC(=O)NC1CCCc2ccccc21)c1ccc(Cl)cc1. The van der Waals surface area contributed by atoms with Crippen molar-refractivity contribution in [2.24, 2.45) is 5.73 Å². The summed E-state index contributed by atoms with van der Waals surface area (Å²) < 4.78 is 0. The summed E-state index contributed by atoms with van der Waals surface area (Å²) in [6.45, 7) is 0. The summed E-state index contributed by atoms with van der Waals surface area (Å²) >= 11 is 5.91. The van der Waals surface area contributed by atoms with Gasteiger partial charge in [-0.15, -0.1) is 0 Å². The van der Waals surface area contributed by atoms with Gasteiger partial charge in [-0.1, -0.05) is 48.0 Å². The van der Waals surface area contributed by atoms with Gasteiger partial charge in [0.1, 0.15) is 0 Å². The number of nitrogens with one attached hydrogen (secondary N) is 2. The molecule has 0 aliphatic heterocycles. The third kappa shape index (κ3) is 4.55. The molecule has 136 valence electrons. The molecular weight excluding hydrogens is 350 g/mol. The Morgan fingerprint density at radius 2 is 1.88 bits per heavy atom. The van der Waals surface area contributed by atoms with Gasteiger partial charge in [0.15, 0.2) is 0 Å².